The molecule has 1 aliphatic rings. The van der Waals surface area contributed by atoms with E-state index in [0.29, 0.717) is 12.7 Å². The highest BCUT2D eigenvalue weighted by atomic mass is 16.5. The fraction of sp³-hybridized carbons (Fsp3) is 0.938. The summed E-state index contributed by atoms with van der Waals surface area (Å²) in [6, 6.07) is 0. The molecular formula is C16H32N2O2. The van der Waals surface area contributed by atoms with Crippen LogP contribution in [0.2, 0.25) is 0 Å². The van der Waals surface area contributed by atoms with Crippen molar-refractivity contribution in [3.63, 3.8) is 0 Å². The zero-order valence-electron chi connectivity index (χ0n) is 13.2. The predicted molar refractivity (Wildman–Crippen MR) is 82.2 cm³/mol. The molecule has 0 radical (unpaired) electrons. The SMILES string of the molecule is CCCCCCC(C)OCCC1CCCC1(N)C(N)=O. The van der Waals surface area contributed by atoms with Crippen molar-refractivity contribution < 1.29 is 9.53 Å². The summed E-state index contributed by atoms with van der Waals surface area (Å²) in [7, 11) is 0. The molecule has 3 unspecified atom stereocenters. The lowest BCUT2D eigenvalue weighted by atomic mass is 9.85. The summed E-state index contributed by atoms with van der Waals surface area (Å²) in [4.78, 5) is 11.5. The van der Waals surface area contributed by atoms with Gasteiger partial charge >= 0.3 is 0 Å². The second kappa shape index (κ2) is 8.63. The molecule has 1 fully saturated rings. The lowest BCUT2D eigenvalue weighted by Crippen LogP contribution is -2.54. The first kappa shape index (κ1) is 17.4. The van der Waals surface area contributed by atoms with Crippen molar-refractivity contribution in [1.82, 2.24) is 0 Å². The van der Waals surface area contributed by atoms with Gasteiger partial charge < -0.3 is 16.2 Å². The second-order valence-corrected chi connectivity index (χ2v) is 6.31. The Hall–Kier alpha value is -0.610. The van der Waals surface area contributed by atoms with Gasteiger partial charge in [-0.05, 0) is 38.5 Å². The quantitative estimate of drug-likeness (QED) is 0.605. The maximum Gasteiger partial charge on any atom is 0.237 e. The molecule has 1 rings (SSSR count). The highest BCUT2D eigenvalue weighted by Gasteiger charge is 2.43. The minimum Gasteiger partial charge on any atom is -0.378 e. The highest BCUT2D eigenvalue weighted by Crippen LogP contribution is 2.35. The molecule has 118 valence electrons. The van der Waals surface area contributed by atoms with Gasteiger partial charge in [0, 0.05) is 6.61 Å². The van der Waals surface area contributed by atoms with Gasteiger partial charge in [-0.25, -0.2) is 0 Å². The van der Waals surface area contributed by atoms with Crippen LogP contribution in [-0.2, 0) is 9.53 Å². The van der Waals surface area contributed by atoms with Crippen molar-refractivity contribution >= 4 is 5.91 Å². The van der Waals surface area contributed by atoms with E-state index in [2.05, 4.69) is 13.8 Å². The second-order valence-electron chi connectivity index (χ2n) is 6.31. The Labute approximate surface area is 123 Å². The first-order chi connectivity index (χ1) is 9.50. The molecule has 1 saturated carbocycles. The van der Waals surface area contributed by atoms with Crippen LogP contribution in [-0.4, -0.2) is 24.2 Å². The minimum absolute atomic E-state index is 0.187. The number of primary amides is 1. The van der Waals surface area contributed by atoms with Crippen molar-refractivity contribution in [3.8, 4) is 0 Å². The van der Waals surface area contributed by atoms with Crippen LogP contribution < -0.4 is 11.5 Å². The fourth-order valence-corrected chi connectivity index (χ4v) is 3.18. The summed E-state index contributed by atoms with van der Waals surface area (Å²) in [6.45, 7) is 5.04. The van der Waals surface area contributed by atoms with E-state index in [4.69, 9.17) is 16.2 Å². The molecule has 0 aromatic carbocycles. The molecule has 4 N–H and O–H groups in total. The number of hydrogen-bond donors (Lipinski definition) is 2. The van der Waals surface area contributed by atoms with Crippen LogP contribution in [0, 0.1) is 5.92 Å². The van der Waals surface area contributed by atoms with E-state index in [0.717, 1.165) is 32.1 Å². The van der Waals surface area contributed by atoms with Gasteiger partial charge in [-0.3, -0.25) is 4.79 Å². The Bertz CT molecular complexity index is 296. The van der Waals surface area contributed by atoms with Crippen LogP contribution in [0.3, 0.4) is 0 Å². The molecule has 0 aliphatic heterocycles. The lowest BCUT2D eigenvalue weighted by molar-refractivity contribution is -0.124. The Balaban J connectivity index is 2.18. The zero-order chi connectivity index (χ0) is 15.0. The number of unbranched alkanes of at least 4 members (excludes halogenated alkanes) is 3. The van der Waals surface area contributed by atoms with Crippen LogP contribution in [0.15, 0.2) is 0 Å². The summed E-state index contributed by atoms with van der Waals surface area (Å²) in [5.41, 5.74) is 10.8. The summed E-state index contributed by atoms with van der Waals surface area (Å²) < 4.78 is 5.85. The highest BCUT2D eigenvalue weighted by molar-refractivity contribution is 5.85. The van der Waals surface area contributed by atoms with Gasteiger partial charge in [0.2, 0.25) is 5.91 Å². The number of nitrogens with two attached hydrogens (primary N) is 2. The molecule has 0 saturated heterocycles. The maximum atomic E-state index is 11.5. The van der Waals surface area contributed by atoms with Crippen molar-refractivity contribution in [2.45, 2.75) is 83.3 Å². The Kier molecular flexibility index (Phi) is 7.52. The van der Waals surface area contributed by atoms with Gasteiger partial charge in [0.15, 0.2) is 0 Å². The van der Waals surface area contributed by atoms with Crippen molar-refractivity contribution in [3.05, 3.63) is 0 Å². The third kappa shape index (κ3) is 5.06. The standard InChI is InChI=1S/C16H32N2O2/c1-3-4-5-6-8-13(2)20-12-10-14-9-7-11-16(14,18)15(17)19/h13-14H,3-12,18H2,1-2H3,(H2,17,19). The van der Waals surface area contributed by atoms with Crippen molar-refractivity contribution in [2.75, 3.05) is 6.61 Å². The Morgan fingerprint density at radius 1 is 1.40 bits per heavy atom. The van der Waals surface area contributed by atoms with E-state index in [-0.39, 0.29) is 11.8 Å². The number of carbonyl (C=O) groups is 1. The molecule has 20 heavy (non-hydrogen) atoms. The average Bonchev–Trinajstić information content (AvgIpc) is 2.78. The van der Waals surface area contributed by atoms with Crippen molar-refractivity contribution in [1.29, 1.82) is 0 Å². The summed E-state index contributed by atoms with van der Waals surface area (Å²) >= 11 is 0. The van der Waals surface area contributed by atoms with Crippen LogP contribution in [0.25, 0.3) is 0 Å². The topological polar surface area (TPSA) is 78.3 Å². The zero-order valence-corrected chi connectivity index (χ0v) is 13.2. The molecule has 0 spiro atoms. The predicted octanol–water partition coefficient (Wildman–Crippen LogP) is 2.73. The van der Waals surface area contributed by atoms with Gasteiger partial charge in [0.05, 0.1) is 11.6 Å². The number of ether oxygens (including phenoxy) is 1. The summed E-state index contributed by atoms with van der Waals surface area (Å²) in [5.74, 6) is -0.167. The molecule has 1 amide bonds. The Morgan fingerprint density at radius 3 is 2.80 bits per heavy atom. The number of carbonyl (C=O) groups excluding carboxylic acids is 1. The Morgan fingerprint density at radius 2 is 2.15 bits per heavy atom. The maximum absolute atomic E-state index is 11.5. The molecule has 0 heterocycles. The minimum atomic E-state index is -0.798. The van der Waals surface area contributed by atoms with Gasteiger partial charge in [-0.1, -0.05) is 39.0 Å². The van der Waals surface area contributed by atoms with Gasteiger partial charge in [0.1, 0.15) is 0 Å². The third-order valence-electron chi connectivity index (χ3n) is 4.66. The molecule has 0 aromatic rings. The lowest BCUT2D eigenvalue weighted by Gasteiger charge is -2.28. The summed E-state index contributed by atoms with van der Waals surface area (Å²) in [6.07, 6.45) is 10.1. The van der Waals surface area contributed by atoms with Crippen LogP contribution in [0.1, 0.15) is 71.6 Å². The van der Waals surface area contributed by atoms with E-state index in [1.165, 1.54) is 25.7 Å². The molecular weight excluding hydrogens is 252 g/mol. The van der Waals surface area contributed by atoms with E-state index in [1.807, 2.05) is 0 Å². The first-order valence-electron chi connectivity index (χ1n) is 8.21. The third-order valence-corrected chi connectivity index (χ3v) is 4.66. The fourth-order valence-electron chi connectivity index (χ4n) is 3.18. The smallest absolute Gasteiger partial charge is 0.237 e. The number of rotatable bonds is 10. The normalized spacial score (nSPS) is 27.6. The number of amides is 1. The van der Waals surface area contributed by atoms with Gasteiger partial charge in [-0.2, -0.15) is 0 Å². The van der Waals surface area contributed by atoms with Crippen LogP contribution in [0.4, 0.5) is 0 Å². The molecule has 3 atom stereocenters. The first-order valence-corrected chi connectivity index (χ1v) is 8.21. The van der Waals surface area contributed by atoms with E-state index >= 15 is 0 Å². The van der Waals surface area contributed by atoms with Gasteiger partial charge in [0.25, 0.3) is 0 Å². The molecule has 4 heteroatoms. The molecule has 1 aliphatic carbocycles. The van der Waals surface area contributed by atoms with Crippen LogP contribution >= 0.6 is 0 Å². The molecule has 4 nitrogen and oxygen atoms in total. The van der Waals surface area contributed by atoms with Crippen molar-refractivity contribution in [2.24, 2.45) is 17.4 Å². The molecule has 0 bridgehead atoms. The molecule has 0 aromatic heterocycles. The van der Waals surface area contributed by atoms with E-state index in [1.54, 1.807) is 0 Å². The monoisotopic (exact) mass is 284 g/mol. The summed E-state index contributed by atoms with van der Waals surface area (Å²) in [5, 5.41) is 0. The average molecular weight is 284 g/mol. The van der Waals surface area contributed by atoms with E-state index < -0.39 is 5.54 Å². The van der Waals surface area contributed by atoms with Crippen LogP contribution in [0.5, 0.6) is 0 Å². The van der Waals surface area contributed by atoms with E-state index in [9.17, 15) is 4.79 Å². The largest absolute Gasteiger partial charge is 0.378 e. The number of hydrogen-bond acceptors (Lipinski definition) is 3. The van der Waals surface area contributed by atoms with Gasteiger partial charge in [-0.15, -0.1) is 0 Å².